The molecule has 1 saturated heterocycles. The first-order valence-electron chi connectivity index (χ1n) is 8.95. The normalized spacial score (nSPS) is 27.8. The van der Waals surface area contributed by atoms with E-state index < -0.39 is 40.7 Å². The van der Waals surface area contributed by atoms with E-state index in [0.717, 1.165) is 0 Å². The molecule has 1 aliphatic heterocycles. The van der Waals surface area contributed by atoms with E-state index in [2.05, 4.69) is 5.32 Å². The van der Waals surface area contributed by atoms with Crippen LogP contribution in [-0.4, -0.2) is 23.2 Å². The molecule has 1 heterocycles. The second kappa shape index (κ2) is 7.30. The van der Waals surface area contributed by atoms with Gasteiger partial charge in [-0.25, -0.2) is 4.39 Å². The average molecular weight is 425 g/mol. The summed E-state index contributed by atoms with van der Waals surface area (Å²) in [6.07, 6.45) is 0. The van der Waals surface area contributed by atoms with Crippen LogP contribution >= 0.6 is 23.2 Å². The second-order valence-electron chi connectivity index (χ2n) is 8.34. The van der Waals surface area contributed by atoms with Gasteiger partial charge < -0.3 is 10.8 Å². The molecule has 0 saturated carbocycles. The summed E-state index contributed by atoms with van der Waals surface area (Å²) in [6.45, 7) is 5.91. The van der Waals surface area contributed by atoms with Crippen LogP contribution in [0, 0.1) is 11.2 Å². The number of carboxylic acid groups (broad SMARTS) is 1. The van der Waals surface area contributed by atoms with E-state index in [0.29, 0.717) is 10.6 Å². The van der Waals surface area contributed by atoms with Gasteiger partial charge in [0.1, 0.15) is 11.9 Å². The summed E-state index contributed by atoms with van der Waals surface area (Å²) in [5.41, 5.74) is 6.24. The Balaban J connectivity index is 2.31. The largest absolute Gasteiger partial charge is 0.480 e. The van der Waals surface area contributed by atoms with Gasteiger partial charge in [0.15, 0.2) is 0 Å². The maximum Gasteiger partial charge on any atom is 0.321 e. The van der Waals surface area contributed by atoms with Crippen LogP contribution in [0.15, 0.2) is 42.5 Å². The van der Waals surface area contributed by atoms with Gasteiger partial charge in [0.25, 0.3) is 0 Å². The molecule has 4 atom stereocenters. The van der Waals surface area contributed by atoms with Crippen LogP contribution in [0.4, 0.5) is 4.39 Å². The quantitative estimate of drug-likeness (QED) is 0.675. The lowest BCUT2D eigenvalue weighted by Gasteiger charge is -2.43. The van der Waals surface area contributed by atoms with E-state index in [9.17, 15) is 9.90 Å². The molecule has 2 aromatic rings. The van der Waals surface area contributed by atoms with E-state index in [-0.39, 0.29) is 10.6 Å². The van der Waals surface area contributed by atoms with Crippen molar-refractivity contribution in [1.29, 1.82) is 0 Å². The summed E-state index contributed by atoms with van der Waals surface area (Å²) in [5, 5.41) is 13.5. The minimum Gasteiger partial charge on any atom is -0.480 e. The molecule has 7 heteroatoms. The lowest BCUT2D eigenvalue weighted by atomic mass is 9.65. The van der Waals surface area contributed by atoms with Gasteiger partial charge in [-0.2, -0.15) is 0 Å². The van der Waals surface area contributed by atoms with Crippen LogP contribution in [0.25, 0.3) is 0 Å². The third-order valence-corrected chi connectivity index (χ3v) is 6.01. The molecule has 0 unspecified atom stereocenters. The van der Waals surface area contributed by atoms with Gasteiger partial charge in [0, 0.05) is 17.0 Å². The highest BCUT2D eigenvalue weighted by molar-refractivity contribution is 6.31. The summed E-state index contributed by atoms with van der Waals surface area (Å²) >= 11 is 12.0. The lowest BCUT2D eigenvalue weighted by Crippen LogP contribution is -2.56. The highest BCUT2D eigenvalue weighted by Crippen LogP contribution is 2.50. The van der Waals surface area contributed by atoms with Crippen LogP contribution < -0.4 is 11.1 Å². The minimum absolute atomic E-state index is 0.0701. The molecule has 1 aliphatic rings. The van der Waals surface area contributed by atoms with Gasteiger partial charge >= 0.3 is 5.97 Å². The van der Waals surface area contributed by atoms with E-state index in [1.54, 1.807) is 36.4 Å². The number of carboxylic acids is 1. The third kappa shape index (κ3) is 3.41. The van der Waals surface area contributed by atoms with Gasteiger partial charge in [-0.05, 0) is 34.7 Å². The van der Waals surface area contributed by atoms with Crippen molar-refractivity contribution in [2.24, 2.45) is 11.1 Å². The van der Waals surface area contributed by atoms with Crippen LogP contribution in [0.3, 0.4) is 0 Å². The fraction of sp³-hybridized carbons (Fsp3) is 0.381. The molecule has 0 bridgehead atoms. The number of halogens is 3. The average Bonchev–Trinajstić information content (AvgIpc) is 2.93. The van der Waals surface area contributed by atoms with Crippen LogP contribution in [0.2, 0.25) is 10.0 Å². The number of hydrogen-bond donors (Lipinski definition) is 3. The number of hydrogen-bond acceptors (Lipinski definition) is 3. The summed E-state index contributed by atoms with van der Waals surface area (Å²) in [7, 11) is 0. The Labute approximate surface area is 173 Å². The Morgan fingerprint density at radius 3 is 2.32 bits per heavy atom. The second-order valence-corrected chi connectivity index (χ2v) is 9.19. The first-order chi connectivity index (χ1) is 13.0. The van der Waals surface area contributed by atoms with E-state index in [4.69, 9.17) is 28.9 Å². The molecular weight excluding hydrogens is 402 g/mol. The maximum atomic E-state index is 15.0. The van der Waals surface area contributed by atoms with Gasteiger partial charge in [0.2, 0.25) is 0 Å². The fourth-order valence-electron chi connectivity index (χ4n) is 4.33. The molecule has 0 spiro atoms. The van der Waals surface area contributed by atoms with Gasteiger partial charge in [-0.3, -0.25) is 10.1 Å². The number of nitrogens with two attached hydrogens (primary N) is 1. The molecule has 150 valence electrons. The van der Waals surface area contributed by atoms with Gasteiger partial charge in [0.05, 0.1) is 10.6 Å². The Morgan fingerprint density at radius 2 is 1.79 bits per heavy atom. The molecule has 0 aromatic heterocycles. The Kier molecular flexibility index (Phi) is 5.49. The molecular formula is C21H23Cl2FN2O2. The van der Waals surface area contributed by atoms with Crippen molar-refractivity contribution in [2.75, 3.05) is 0 Å². The molecule has 0 amide bonds. The van der Waals surface area contributed by atoms with Crippen molar-refractivity contribution in [2.45, 2.75) is 44.3 Å². The molecule has 1 fully saturated rings. The molecule has 4 N–H and O–H groups in total. The predicted molar refractivity (Wildman–Crippen MR) is 109 cm³/mol. The van der Waals surface area contributed by atoms with Crippen molar-refractivity contribution in [3.05, 3.63) is 69.5 Å². The summed E-state index contributed by atoms with van der Waals surface area (Å²) in [6, 6.07) is 9.97. The van der Waals surface area contributed by atoms with Crippen molar-refractivity contribution < 1.29 is 14.3 Å². The Bertz CT molecular complexity index is 898. The van der Waals surface area contributed by atoms with Crippen LogP contribution in [0.5, 0.6) is 0 Å². The Hall–Kier alpha value is -1.66. The molecule has 4 nitrogen and oxygen atoms in total. The fourth-order valence-corrected chi connectivity index (χ4v) is 4.64. The zero-order valence-electron chi connectivity index (χ0n) is 15.8. The minimum atomic E-state index is -1.21. The van der Waals surface area contributed by atoms with Gasteiger partial charge in [-0.1, -0.05) is 68.2 Å². The zero-order chi connectivity index (χ0) is 20.9. The first-order valence-corrected chi connectivity index (χ1v) is 9.71. The number of rotatable bonds is 3. The Morgan fingerprint density at radius 1 is 1.18 bits per heavy atom. The third-order valence-electron chi connectivity index (χ3n) is 5.46. The summed E-state index contributed by atoms with van der Waals surface area (Å²) in [5.74, 6) is -2.63. The molecule has 2 aromatic carbocycles. The molecule has 0 radical (unpaired) electrons. The number of carbonyl (C=O) groups is 1. The van der Waals surface area contributed by atoms with E-state index >= 15 is 4.39 Å². The topological polar surface area (TPSA) is 75.3 Å². The molecule has 0 aliphatic carbocycles. The summed E-state index contributed by atoms with van der Waals surface area (Å²) in [4.78, 5) is 12.1. The number of aliphatic carboxylic acids is 1. The maximum absolute atomic E-state index is 15.0. The summed E-state index contributed by atoms with van der Waals surface area (Å²) < 4.78 is 15.0. The van der Waals surface area contributed by atoms with Crippen LogP contribution in [-0.2, 0) is 10.3 Å². The lowest BCUT2D eigenvalue weighted by molar-refractivity contribution is -0.139. The van der Waals surface area contributed by atoms with E-state index in [1.165, 1.54) is 6.07 Å². The SMILES string of the molecule is CC(C)(C)[C@@H]1N[C@@H](C(=O)O)[C@H](c2cccc(Cl)c2F)[C@@]1(N)c1ccc(Cl)cc1. The standard InChI is InChI=1S/C21H23Cl2FN2O2/c1-20(2,3)19-21(25,11-7-9-12(22)10-8-11)15(17(26-19)18(27)28)13-5-4-6-14(23)16(13)24/h4-10,15,17,19,26H,25H2,1-3H3,(H,27,28)/t15-,17+,19-,21-/m0/s1. The van der Waals surface area contributed by atoms with Crippen molar-refractivity contribution in [3.8, 4) is 0 Å². The molecule has 3 rings (SSSR count). The van der Waals surface area contributed by atoms with Crippen molar-refractivity contribution in [3.63, 3.8) is 0 Å². The van der Waals surface area contributed by atoms with Gasteiger partial charge in [-0.15, -0.1) is 0 Å². The highest BCUT2D eigenvalue weighted by atomic mass is 35.5. The first kappa shape index (κ1) is 21.1. The predicted octanol–water partition coefficient (Wildman–Crippen LogP) is 4.54. The van der Waals surface area contributed by atoms with E-state index in [1.807, 2.05) is 20.8 Å². The number of benzene rings is 2. The van der Waals surface area contributed by atoms with Crippen LogP contribution in [0.1, 0.15) is 37.8 Å². The molecule has 28 heavy (non-hydrogen) atoms. The van der Waals surface area contributed by atoms with Crippen molar-refractivity contribution >= 4 is 29.2 Å². The number of nitrogens with one attached hydrogen (secondary N) is 1. The smallest absolute Gasteiger partial charge is 0.321 e. The van der Waals surface area contributed by atoms with Crippen molar-refractivity contribution in [1.82, 2.24) is 5.32 Å². The zero-order valence-corrected chi connectivity index (χ0v) is 17.4. The monoisotopic (exact) mass is 424 g/mol. The highest BCUT2D eigenvalue weighted by Gasteiger charge is 2.60.